The summed E-state index contributed by atoms with van der Waals surface area (Å²) in [6, 6.07) is 8.14. The van der Waals surface area contributed by atoms with Gasteiger partial charge in [-0.25, -0.2) is 0 Å². The van der Waals surface area contributed by atoms with E-state index in [0.29, 0.717) is 5.88 Å². The molecule has 0 aliphatic carbocycles. The highest BCUT2D eigenvalue weighted by atomic mass is 35.5. The van der Waals surface area contributed by atoms with E-state index in [0.717, 1.165) is 12.2 Å². The number of carbonyl (C=O) groups excluding carboxylic acids is 1. The Hall–Kier alpha value is -1.22. The number of alkyl halides is 1. The molecule has 100 valence electrons. The van der Waals surface area contributed by atoms with E-state index >= 15 is 0 Å². The molecule has 1 rings (SSSR count). The van der Waals surface area contributed by atoms with Crippen molar-refractivity contribution in [1.82, 2.24) is 0 Å². The van der Waals surface area contributed by atoms with Crippen LogP contribution < -0.4 is 4.90 Å². The number of nitrogens with zero attached hydrogens (tertiary/aromatic N) is 1. The minimum absolute atomic E-state index is 0.247. The van der Waals surface area contributed by atoms with E-state index in [4.69, 9.17) is 16.3 Å². The fourth-order valence-corrected chi connectivity index (χ4v) is 2.00. The zero-order chi connectivity index (χ0) is 13.5. The van der Waals surface area contributed by atoms with Crippen LogP contribution in [0.5, 0.6) is 0 Å². The second kappa shape index (κ2) is 7.27. The SMILES string of the molecule is CCN(c1cccc(C)c1)C(C)OC(=O)CCCl. The second-order valence-electron chi connectivity index (χ2n) is 4.15. The molecule has 0 radical (unpaired) electrons. The smallest absolute Gasteiger partial charge is 0.308 e. The zero-order valence-electron chi connectivity index (χ0n) is 11.1. The fourth-order valence-electron chi connectivity index (χ4n) is 1.85. The molecule has 0 aliphatic rings. The maximum Gasteiger partial charge on any atom is 0.308 e. The monoisotopic (exact) mass is 269 g/mol. The van der Waals surface area contributed by atoms with Gasteiger partial charge in [0.2, 0.25) is 0 Å². The largest absolute Gasteiger partial charge is 0.442 e. The average molecular weight is 270 g/mol. The van der Waals surface area contributed by atoms with E-state index in [2.05, 4.69) is 6.07 Å². The predicted octanol–water partition coefficient (Wildman–Crippen LogP) is 3.34. The van der Waals surface area contributed by atoms with Crippen LogP contribution in [0.25, 0.3) is 0 Å². The number of hydrogen-bond donors (Lipinski definition) is 0. The molecule has 1 aromatic carbocycles. The average Bonchev–Trinajstić information content (AvgIpc) is 2.30. The van der Waals surface area contributed by atoms with Crippen LogP contribution in [0, 0.1) is 6.92 Å². The summed E-state index contributed by atoms with van der Waals surface area (Å²) in [5, 5.41) is 0. The standard InChI is InChI=1S/C14H20ClNO2/c1-4-16(12(3)18-14(17)8-9-15)13-7-5-6-11(2)10-13/h5-7,10,12H,4,8-9H2,1-3H3. The van der Waals surface area contributed by atoms with Gasteiger partial charge in [-0.1, -0.05) is 12.1 Å². The highest BCUT2D eigenvalue weighted by Crippen LogP contribution is 2.19. The van der Waals surface area contributed by atoms with Gasteiger partial charge in [-0.15, -0.1) is 11.6 Å². The third-order valence-electron chi connectivity index (χ3n) is 2.71. The zero-order valence-corrected chi connectivity index (χ0v) is 11.9. The molecule has 0 aliphatic heterocycles. The quantitative estimate of drug-likeness (QED) is 0.451. The molecule has 1 unspecified atom stereocenters. The lowest BCUT2D eigenvalue weighted by Gasteiger charge is -2.29. The van der Waals surface area contributed by atoms with Gasteiger partial charge in [-0.05, 0) is 38.5 Å². The summed E-state index contributed by atoms with van der Waals surface area (Å²) in [4.78, 5) is 13.5. The Morgan fingerprint density at radius 3 is 2.78 bits per heavy atom. The van der Waals surface area contributed by atoms with Crippen LogP contribution in [0.2, 0.25) is 0 Å². The first-order valence-corrected chi connectivity index (χ1v) is 6.70. The van der Waals surface area contributed by atoms with Crippen molar-refractivity contribution >= 4 is 23.3 Å². The molecule has 0 aromatic heterocycles. The number of halogens is 1. The first-order valence-electron chi connectivity index (χ1n) is 6.17. The topological polar surface area (TPSA) is 29.5 Å². The minimum atomic E-state index is -0.285. The van der Waals surface area contributed by atoms with Gasteiger partial charge in [0.15, 0.2) is 6.23 Å². The molecule has 0 spiro atoms. The van der Waals surface area contributed by atoms with Gasteiger partial charge in [0.25, 0.3) is 0 Å². The lowest BCUT2D eigenvalue weighted by Crippen LogP contribution is -2.36. The molecule has 0 amide bonds. The maximum absolute atomic E-state index is 11.4. The number of esters is 1. The van der Waals surface area contributed by atoms with E-state index in [1.165, 1.54) is 5.56 Å². The Labute approximate surface area is 114 Å². The highest BCUT2D eigenvalue weighted by Gasteiger charge is 2.16. The van der Waals surface area contributed by atoms with Gasteiger partial charge < -0.3 is 9.64 Å². The Morgan fingerprint density at radius 2 is 2.22 bits per heavy atom. The molecule has 0 saturated heterocycles. The predicted molar refractivity (Wildman–Crippen MR) is 75.1 cm³/mol. The lowest BCUT2D eigenvalue weighted by atomic mass is 10.2. The molecule has 0 heterocycles. The molecule has 3 nitrogen and oxygen atoms in total. The molecule has 1 aromatic rings. The van der Waals surface area contributed by atoms with E-state index in [9.17, 15) is 4.79 Å². The summed E-state index contributed by atoms with van der Waals surface area (Å²) in [5.41, 5.74) is 2.24. The van der Waals surface area contributed by atoms with Crippen molar-refractivity contribution in [3.05, 3.63) is 29.8 Å². The molecule has 0 N–H and O–H groups in total. The Morgan fingerprint density at radius 1 is 1.50 bits per heavy atom. The Bertz CT molecular complexity index is 395. The fraction of sp³-hybridized carbons (Fsp3) is 0.500. The van der Waals surface area contributed by atoms with E-state index < -0.39 is 0 Å². The minimum Gasteiger partial charge on any atom is -0.442 e. The van der Waals surface area contributed by atoms with Crippen molar-refractivity contribution < 1.29 is 9.53 Å². The summed E-state index contributed by atoms with van der Waals surface area (Å²) in [6.45, 7) is 6.73. The van der Waals surface area contributed by atoms with E-state index in [-0.39, 0.29) is 18.6 Å². The molecule has 0 bridgehead atoms. The van der Waals surface area contributed by atoms with Gasteiger partial charge in [0, 0.05) is 18.1 Å². The maximum atomic E-state index is 11.4. The molecule has 0 saturated carbocycles. The number of ether oxygens (including phenoxy) is 1. The Kier molecular flexibility index (Phi) is 5.99. The van der Waals surface area contributed by atoms with Crippen molar-refractivity contribution in [3.63, 3.8) is 0 Å². The molecule has 1 atom stereocenters. The van der Waals surface area contributed by atoms with Gasteiger partial charge in [-0.3, -0.25) is 4.79 Å². The molecular weight excluding hydrogens is 250 g/mol. The number of anilines is 1. The van der Waals surface area contributed by atoms with Gasteiger partial charge in [0.1, 0.15) is 0 Å². The van der Waals surface area contributed by atoms with E-state index in [1.807, 2.05) is 43.9 Å². The van der Waals surface area contributed by atoms with Crippen molar-refractivity contribution in [2.75, 3.05) is 17.3 Å². The highest BCUT2D eigenvalue weighted by molar-refractivity contribution is 6.18. The lowest BCUT2D eigenvalue weighted by molar-refractivity contribution is -0.147. The van der Waals surface area contributed by atoms with Crippen molar-refractivity contribution in [3.8, 4) is 0 Å². The number of aryl methyl sites for hydroxylation is 1. The van der Waals surface area contributed by atoms with Crippen LogP contribution in [0.15, 0.2) is 24.3 Å². The second-order valence-corrected chi connectivity index (χ2v) is 4.53. The third kappa shape index (κ3) is 4.22. The van der Waals surface area contributed by atoms with Crippen LogP contribution >= 0.6 is 11.6 Å². The summed E-state index contributed by atoms with van der Waals surface area (Å²) in [6.07, 6.45) is -0.0374. The summed E-state index contributed by atoms with van der Waals surface area (Å²) in [7, 11) is 0. The van der Waals surface area contributed by atoms with E-state index in [1.54, 1.807) is 0 Å². The molecule has 18 heavy (non-hydrogen) atoms. The summed E-state index contributed by atoms with van der Waals surface area (Å²) in [5.74, 6) is 0.0332. The van der Waals surface area contributed by atoms with Crippen molar-refractivity contribution in [1.29, 1.82) is 0 Å². The number of carbonyl (C=O) groups is 1. The van der Waals surface area contributed by atoms with Crippen LogP contribution in [-0.2, 0) is 9.53 Å². The molecule has 4 heteroatoms. The van der Waals surface area contributed by atoms with Gasteiger partial charge >= 0.3 is 5.97 Å². The first-order chi connectivity index (χ1) is 8.58. The van der Waals surface area contributed by atoms with Gasteiger partial charge in [0.05, 0.1) is 6.42 Å². The number of rotatable bonds is 6. The van der Waals surface area contributed by atoms with Crippen LogP contribution in [-0.4, -0.2) is 24.6 Å². The van der Waals surface area contributed by atoms with Gasteiger partial charge in [-0.2, -0.15) is 0 Å². The normalized spacial score (nSPS) is 12.0. The third-order valence-corrected chi connectivity index (χ3v) is 2.90. The van der Waals surface area contributed by atoms with Crippen LogP contribution in [0.3, 0.4) is 0 Å². The van der Waals surface area contributed by atoms with Crippen LogP contribution in [0.1, 0.15) is 25.8 Å². The summed E-state index contributed by atoms with van der Waals surface area (Å²) >= 11 is 5.52. The first kappa shape index (κ1) is 14.8. The van der Waals surface area contributed by atoms with Crippen molar-refractivity contribution in [2.24, 2.45) is 0 Å². The molecule has 0 fully saturated rings. The number of benzene rings is 1. The van der Waals surface area contributed by atoms with Crippen molar-refractivity contribution in [2.45, 2.75) is 33.4 Å². The number of hydrogen-bond acceptors (Lipinski definition) is 3. The Balaban J connectivity index is 2.73. The molecular formula is C14H20ClNO2. The van der Waals surface area contributed by atoms with Crippen LogP contribution in [0.4, 0.5) is 5.69 Å². The summed E-state index contributed by atoms with van der Waals surface area (Å²) < 4.78 is 5.34.